The summed E-state index contributed by atoms with van der Waals surface area (Å²) in [5.74, 6) is -0.811. The van der Waals surface area contributed by atoms with Crippen molar-refractivity contribution in [1.82, 2.24) is 5.32 Å². The van der Waals surface area contributed by atoms with Crippen LogP contribution in [0.2, 0.25) is 0 Å². The number of hydrogen-bond donors (Lipinski definition) is 3. The summed E-state index contributed by atoms with van der Waals surface area (Å²) in [6, 6.07) is 0. The Labute approximate surface area is 84.3 Å². The molecule has 1 rings (SSSR count). The molecule has 14 heavy (non-hydrogen) atoms. The van der Waals surface area contributed by atoms with Crippen molar-refractivity contribution in [3.05, 3.63) is 0 Å². The third-order valence-electron chi connectivity index (χ3n) is 2.90. The molecule has 3 atom stereocenters. The summed E-state index contributed by atoms with van der Waals surface area (Å²) in [6.07, 6.45) is 2.83. The largest absolute Gasteiger partial charge is 0.481 e. The second-order valence-electron chi connectivity index (χ2n) is 4.16. The zero-order valence-electron chi connectivity index (χ0n) is 8.57. The molecule has 0 radical (unpaired) electrons. The topological polar surface area (TPSA) is 69.6 Å². The number of carbonyl (C=O) groups is 1. The molecule has 1 aliphatic carbocycles. The second kappa shape index (κ2) is 5.32. The van der Waals surface area contributed by atoms with E-state index < -0.39 is 5.97 Å². The summed E-state index contributed by atoms with van der Waals surface area (Å²) >= 11 is 0. The van der Waals surface area contributed by atoms with Gasteiger partial charge in [-0.15, -0.1) is 0 Å². The van der Waals surface area contributed by atoms with Crippen molar-refractivity contribution in [2.75, 3.05) is 13.1 Å². The van der Waals surface area contributed by atoms with Crippen LogP contribution in [0.15, 0.2) is 0 Å². The van der Waals surface area contributed by atoms with Crippen molar-refractivity contribution in [2.45, 2.75) is 32.3 Å². The average Bonchev–Trinajstić information content (AvgIpc) is 2.51. The molecule has 0 aromatic carbocycles. The number of aliphatic hydroxyl groups is 1. The molecule has 4 nitrogen and oxygen atoms in total. The Bertz CT molecular complexity index is 196. The quantitative estimate of drug-likeness (QED) is 0.604. The van der Waals surface area contributed by atoms with E-state index in [4.69, 9.17) is 5.11 Å². The fraction of sp³-hybridized carbons (Fsp3) is 0.900. The second-order valence-corrected chi connectivity index (χ2v) is 4.16. The van der Waals surface area contributed by atoms with E-state index in [0.717, 1.165) is 25.8 Å². The molecular formula is C10H19NO3. The number of nitrogens with one attached hydrogen (secondary N) is 1. The van der Waals surface area contributed by atoms with Crippen molar-refractivity contribution in [3.63, 3.8) is 0 Å². The Morgan fingerprint density at radius 1 is 1.57 bits per heavy atom. The van der Waals surface area contributed by atoms with E-state index in [1.807, 2.05) is 0 Å². The van der Waals surface area contributed by atoms with Gasteiger partial charge >= 0.3 is 5.97 Å². The third kappa shape index (κ3) is 3.27. The van der Waals surface area contributed by atoms with Gasteiger partial charge in [0.05, 0.1) is 12.0 Å². The average molecular weight is 201 g/mol. The van der Waals surface area contributed by atoms with E-state index in [1.165, 1.54) is 0 Å². The van der Waals surface area contributed by atoms with Gasteiger partial charge in [0.15, 0.2) is 0 Å². The van der Waals surface area contributed by atoms with Gasteiger partial charge in [0.25, 0.3) is 0 Å². The predicted molar refractivity (Wildman–Crippen MR) is 53.0 cm³/mol. The van der Waals surface area contributed by atoms with Gasteiger partial charge in [0.1, 0.15) is 0 Å². The fourth-order valence-corrected chi connectivity index (χ4v) is 1.83. The monoisotopic (exact) mass is 201 g/mol. The number of aliphatic hydroxyl groups excluding tert-OH is 1. The van der Waals surface area contributed by atoms with Crippen molar-refractivity contribution < 1.29 is 15.0 Å². The van der Waals surface area contributed by atoms with Crippen LogP contribution in [0.1, 0.15) is 26.2 Å². The van der Waals surface area contributed by atoms with Crippen LogP contribution in [0.4, 0.5) is 0 Å². The van der Waals surface area contributed by atoms with Gasteiger partial charge in [0, 0.05) is 13.1 Å². The molecular weight excluding hydrogens is 182 g/mol. The Morgan fingerprint density at radius 3 is 2.79 bits per heavy atom. The van der Waals surface area contributed by atoms with Gasteiger partial charge in [-0.1, -0.05) is 13.3 Å². The first kappa shape index (κ1) is 11.5. The SMILES string of the molecule is CC(CNCC1CCCC1O)C(=O)O. The van der Waals surface area contributed by atoms with Crippen LogP contribution in [0.3, 0.4) is 0 Å². The van der Waals surface area contributed by atoms with Crippen molar-refractivity contribution in [1.29, 1.82) is 0 Å². The van der Waals surface area contributed by atoms with Crippen LogP contribution in [-0.2, 0) is 4.79 Å². The molecule has 0 bridgehead atoms. The molecule has 0 aromatic rings. The van der Waals surface area contributed by atoms with Crippen molar-refractivity contribution >= 4 is 5.97 Å². The number of hydrogen-bond acceptors (Lipinski definition) is 3. The van der Waals surface area contributed by atoms with Crippen LogP contribution < -0.4 is 5.32 Å². The molecule has 0 saturated heterocycles. The summed E-state index contributed by atoms with van der Waals surface area (Å²) in [6.45, 7) is 2.90. The Hall–Kier alpha value is -0.610. The highest BCUT2D eigenvalue weighted by Crippen LogP contribution is 2.24. The van der Waals surface area contributed by atoms with Crippen LogP contribution in [-0.4, -0.2) is 35.4 Å². The molecule has 4 heteroatoms. The highest BCUT2D eigenvalue weighted by molar-refractivity contribution is 5.69. The van der Waals surface area contributed by atoms with Crippen LogP contribution in [0.5, 0.6) is 0 Å². The van der Waals surface area contributed by atoms with Gasteiger partial charge in [-0.05, 0) is 18.8 Å². The molecule has 0 amide bonds. The van der Waals surface area contributed by atoms with Gasteiger partial charge in [-0.3, -0.25) is 4.79 Å². The van der Waals surface area contributed by atoms with Crippen LogP contribution >= 0.6 is 0 Å². The third-order valence-corrected chi connectivity index (χ3v) is 2.90. The smallest absolute Gasteiger partial charge is 0.307 e. The number of aliphatic carboxylic acids is 1. The minimum absolute atomic E-state index is 0.192. The van der Waals surface area contributed by atoms with Gasteiger partial charge in [0.2, 0.25) is 0 Å². The Morgan fingerprint density at radius 2 is 2.29 bits per heavy atom. The van der Waals surface area contributed by atoms with Gasteiger partial charge in [-0.2, -0.15) is 0 Å². The number of rotatable bonds is 5. The molecule has 0 spiro atoms. The van der Waals surface area contributed by atoms with Gasteiger partial charge < -0.3 is 15.5 Å². The van der Waals surface area contributed by atoms with E-state index in [-0.39, 0.29) is 12.0 Å². The first-order chi connectivity index (χ1) is 6.61. The molecule has 0 aromatic heterocycles. The maximum absolute atomic E-state index is 10.5. The molecule has 0 aliphatic heterocycles. The van der Waals surface area contributed by atoms with E-state index in [1.54, 1.807) is 6.92 Å². The molecule has 3 unspecified atom stereocenters. The van der Waals surface area contributed by atoms with Crippen molar-refractivity contribution in [2.24, 2.45) is 11.8 Å². The highest BCUT2D eigenvalue weighted by Gasteiger charge is 2.24. The molecule has 1 fully saturated rings. The van der Waals surface area contributed by atoms with E-state index in [9.17, 15) is 9.90 Å². The molecule has 3 N–H and O–H groups in total. The zero-order chi connectivity index (χ0) is 10.6. The summed E-state index contributed by atoms with van der Waals surface area (Å²) in [5.41, 5.74) is 0. The lowest BCUT2D eigenvalue weighted by Gasteiger charge is -2.16. The van der Waals surface area contributed by atoms with E-state index >= 15 is 0 Å². The standard InChI is InChI=1S/C10H19NO3/c1-7(10(13)14)5-11-6-8-3-2-4-9(8)12/h7-9,11-12H,2-6H2,1H3,(H,13,14). The number of carboxylic acids is 1. The van der Waals surface area contributed by atoms with Crippen LogP contribution in [0, 0.1) is 11.8 Å². The number of carboxylic acid groups (broad SMARTS) is 1. The molecule has 82 valence electrons. The predicted octanol–water partition coefficient (Wildman–Crippen LogP) is 0.458. The lowest BCUT2D eigenvalue weighted by Crippen LogP contribution is -2.32. The lowest BCUT2D eigenvalue weighted by molar-refractivity contribution is -0.140. The molecule has 1 aliphatic rings. The minimum Gasteiger partial charge on any atom is -0.481 e. The maximum Gasteiger partial charge on any atom is 0.307 e. The summed E-state index contributed by atoms with van der Waals surface area (Å²) < 4.78 is 0. The highest BCUT2D eigenvalue weighted by atomic mass is 16.4. The lowest BCUT2D eigenvalue weighted by atomic mass is 10.1. The molecule has 0 heterocycles. The normalized spacial score (nSPS) is 29.0. The first-order valence-corrected chi connectivity index (χ1v) is 5.23. The van der Waals surface area contributed by atoms with Crippen molar-refractivity contribution in [3.8, 4) is 0 Å². The van der Waals surface area contributed by atoms with Gasteiger partial charge in [-0.25, -0.2) is 0 Å². The minimum atomic E-state index is -0.774. The summed E-state index contributed by atoms with van der Waals surface area (Å²) in [4.78, 5) is 10.5. The maximum atomic E-state index is 10.5. The van der Waals surface area contributed by atoms with E-state index in [0.29, 0.717) is 12.5 Å². The Kier molecular flexibility index (Phi) is 4.35. The van der Waals surface area contributed by atoms with Crippen LogP contribution in [0.25, 0.3) is 0 Å². The fourth-order valence-electron chi connectivity index (χ4n) is 1.83. The summed E-state index contributed by atoms with van der Waals surface area (Å²) in [5, 5.41) is 21.2. The first-order valence-electron chi connectivity index (χ1n) is 5.23. The Balaban J connectivity index is 2.11. The molecule has 1 saturated carbocycles. The summed E-state index contributed by atoms with van der Waals surface area (Å²) in [7, 11) is 0. The van der Waals surface area contributed by atoms with E-state index in [2.05, 4.69) is 5.32 Å². The zero-order valence-corrected chi connectivity index (χ0v) is 8.57.